The number of halogens is 2. The molecule has 0 saturated heterocycles. The summed E-state index contributed by atoms with van der Waals surface area (Å²) in [4.78, 5) is 0. The highest BCUT2D eigenvalue weighted by Gasteiger charge is 2.10. The van der Waals surface area contributed by atoms with Gasteiger partial charge >= 0.3 is 0 Å². The molecule has 0 atom stereocenters. The lowest BCUT2D eigenvalue weighted by Gasteiger charge is -1.99. The number of rotatable bonds is 0. The third kappa shape index (κ3) is 1.19. The van der Waals surface area contributed by atoms with Crippen molar-refractivity contribution in [2.75, 3.05) is 0 Å². The Hall–Kier alpha value is -0.830. The lowest BCUT2D eigenvalue weighted by Crippen LogP contribution is -1.90. The molecule has 2 rings (SSSR count). The van der Waals surface area contributed by atoms with Crippen LogP contribution in [-0.4, -0.2) is 4.57 Å². The van der Waals surface area contributed by atoms with Crippen LogP contribution in [0.1, 0.15) is 11.3 Å². The summed E-state index contributed by atoms with van der Waals surface area (Å²) in [5.41, 5.74) is 3.33. The smallest absolute Gasteiger partial charge is 0.139 e. The molecule has 1 nitrogen and oxygen atoms in total. The van der Waals surface area contributed by atoms with Crippen molar-refractivity contribution < 1.29 is 4.39 Å². The Kier molecular flexibility index (Phi) is 2.14. The van der Waals surface area contributed by atoms with E-state index < -0.39 is 0 Å². The van der Waals surface area contributed by atoms with Crippen molar-refractivity contribution in [2.24, 2.45) is 7.05 Å². The van der Waals surface area contributed by atoms with E-state index in [0.29, 0.717) is 4.47 Å². The van der Waals surface area contributed by atoms with E-state index in [1.807, 2.05) is 24.6 Å². The number of aromatic nitrogens is 1. The van der Waals surface area contributed by atoms with Gasteiger partial charge in [0.2, 0.25) is 0 Å². The monoisotopic (exact) mass is 255 g/mol. The van der Waals surface area contributed by atoms with Crippen molar-refractivity contribution in [3.05, 3.63) is 33.7 Å². The molecule has 0 amide bonds. The summed E-state index contributed by atoms with van der Waals surface area (Å²) in [7, 11) is 1.96. The quantitative estimate of drug-likeness (QED) is 0.677. The van der Waals surface area contributed by atoms with E-state index in [1.54, 1.807) is 6.07 Å². The Bertz CT molecular complexity index is 469. The van der Waals surface area contributed by atoms with Crippen molar-refractivity contribution in [3.63, 3.8) is 0 Å². The topological polar surface area (TPSA) is 4.93 Å². The maximum atomic E-state index is 13.3. The molecule has 1 aromatic carbocycles. The molecule has 0 unspecified atom stereocenters. The van der Waals surface area contributed by atoms with E-state index in [4.69, 9.17) is 0 Å². The summed E-state index contributed by atoms with van der Waals surface area (Å²) in [5, 5.41) is 1.11. The second kappa shape index (κ2) is 3.09. The molecule has 0 N–H and O–H groups in total. The Morgan fingerprint density at radius 2 is 1.93 bits per heavy atom. The maximum absolute atomic E-state index is 13.3. The highest BCUT2D eigenvalue weighted by atomic mass is 79.9. The fraction of sp³-hybridized carbons (Fsp3) is 0.273. The van der Waals surface area contributed by atoms with Crippen molar-refractivity contribution in [1.29, 1.82) is 0 Å². The third-order valence-electron chi connectivity index (χ3n) is 2.85. The second-order valence-corrected chi connectivity index (χ2v) is 4.41. The number of hydrogen-bond donors (Lipinski definition) is 0. The van der Waals surface area contributed by atoms with E-state index >= 15 is 0 Å². The predicted molar refractivity (Wildman–Crippen MR) is 60.1 cm³/mol. The van der Waals surface area contributed by atoms with Crippen molar-refractivity contribution in [3.8, 4) is 0 Å². The zero-order valence-electron chi connectivity index (χ0n) is 8.36. The number of nitrogens with zero attached hydrogens (tertiary/aromatic N) is 1. The van der Waals surface area contributed by atoms with Gasteiger partial charge in [-0.15, -0.1) is 0 Å². The van der Waals surface area contributed by atoms with Crippen LogP contribution in [0.4, 0.5) is 4.39 Å². The van der Waals surface area contributed by atoms with Crippen LogP contribution in [0.2, 0.25) is 0 Å². The Balaban J connectivity index is 2.96. The maximum Gasteiger partial charge on any atom is 0.139 e. The normalized spacial score (nSPS) is 11.2. The standard InChI is InChI=1S/C11H11BrFN/c1-6-7(2)14(3)11-5-10(13)9(12)4-8(6)11/h4-5H,1-3H3. The van der Waals surface area contributed by atoms with Gasteiger partial charge in [-0.25, -0.2) is 4.39 Å². The van der Waals surface area contributed by atoms with Crippen LogP contribution >= 0.6 is 15.9 Å². The molecule has 2 aromatic rings. The van der Waals surface area contributed by atoms with Crippen molar-refractivity contribution >= 4 is 26.8 Å². The van der Waals surface area contributed by atoms with Gasteiger partial charge in [0.1, 0.15) is 5.82 Å². The lowest BCUT2D eigenvalue weighted by molar-refractivity contribution is 0.622. The minimum Gasteiger partial charge on any atom is -0.348 e. The van der Waals surface area contributed by atoms with Crippen LogP contribution in [0.25, 0.3) is 10.9 Å². The van der Waals surface area contributed by atoms with Gasteiger partial charge in [0.25, 0.3) is 0 Å². The highest BCUT2D eigenvalue weighted by molar-refractivity contribution is 9.10. The Morgan fingerprint density at radius 1 is 1.29 bits per heavy atom. The van der Waals surface area contributed by atoms with Gasteiger partial charge in [-0.3, -0.25) is 0 Å². The van der Waals surface area contributed by atoms with Gasteiger partial charge in [-0.1, -0.05) is 0 Å². The van der Waals surface area contributed by atoms with E-state index in [0.717, 1.165) is 10.9 Å². The molecular weight excluding hydrogens is 245 g/mol. The molecule has 3 heteroatoms. The Labute approximate surface area is 90.7 Å². The van der Waals surface area contributed by atoms with Crippen LogP contribution in [0.5, 0.6) is 0 Å². The summed E-state index contributed by atoms with van der Waals surface area (Å²) in [6.07, 6.45) is 0. The molecule has 0 aliphatic heterocycles. The first-order valence-electron chi connectivity index (χ1n) is 4.43. The minimum absolute atomic E-state index is 0.210. The first-order valence-corrected chi connectivity index (χ1v) is 5.22. The zero-order chi connectivity index (χ0) is 10.5. The van der Waals surface area contributed by atoms with Crippen LogP contribution < -0.4 is 0 Å². The van der Waals surface area contributed by atoms with Gasteiger partial charge in [0.05, 0.1) is 9.99 Å². The van der Waals surface area contributed by atoms with Gasteiger partial charge in [-0.2, -0.15) is 0 Å². The first-order chi connectivity index (χ1) is 6.52. The number of fused-ring (bicyclic) bond motifs is 1. The summed E-state index contributed by atoms with van der Waals surface area (Å²) >= 11 is 3.20. The number of hydrogen-bond acceptors (Lipinski definition) is 0. The predicted octanol–water partition coefficient (Wildman–Crippen LogP) is 3.70. The third-order valence-corrected chi connectivity index (χ3v) is 3.46. The van der Waals surface area contributed by atoms with Crippen molar-refractivity contribution in [1.82, 2.24) is 4.57 Å². The van der Waals surface area contributed by atoms with Gasteiger partial charge in [0.15, 0.2) is 0 Å². The van der Waals surface area contributed by atoms with Crippen LogP contribution in [0.15, 0.2) is 16.6 Å². The molecule has 74 valence electrons. The van der Waals surface area contributed by atoms with E-state index in [1.165, 1.54) is 11.3 Å². The van der Waals surface area contributed by atoms with E-state index in [-0.39, 0.29) is 5.82 Å². The highest BCUT2D eigenvalue weighted by Crippen LogP contribution is 2.28. The molecular formula is C11H11BrFN. The second-order valence-electron chi connectivity index (χ2n) is 3.55. The van der Waals surface area contributed by atoms with Gasteiger partial charge in [0, 0.05) is 18.1 Å². The van der Waals surface area contributed by atoms with E-state index in [9.17, 15) is 4.39 Å². The van der Waals surface area contributed by atoms with Crippen molar-refractivity contribution in [2.45, 2.75) is 13.8 Å². The molecule has 0 spiro atoms. The molecule has 14 heavy (non-hydrogen) atoms. The summed E-state index contributed by atoms with van der Waals surface area (Å²) in [6.45, 7) is 4.10. The van der Waals surface area contributed by atoms with E-state index in [2.05, 4.69) is 22.9 Å². The molecule has 0 aliphatic carbocycles. The summed E-state index contributed by atoms with van der Waals surface area (Å²) < 4.78 is 15.9. The Morgan fingerprint density at radius 3 is 2.57 bits per heavy atom. The average Bonchev–Trinajstić information content (AvgIpc) is 2.34. The summed E-state index contributed by atoms with van der Waals surface area (Å²) in [6, 6.07) is 3.41. The molecule has 0 fully saturated rings. The largest absolute Gasteiger partial charge is 0.348 e. The fourth-order valence-electron chi connectivity index (χ4n) is 1.74. The van der Waals surface area contributed by atoms with Crippen LogP contribution in [0.3, 0.4) is 0 Å². The fourth-order valence-corrected chi connectivity index (χ4v) is 2.08. The number of aryl methyl sites for hydroxylation is 2. The SMILES string of the molecule is Cc1c(C)n(C)c2cc(F)c(Br)cc12. The molecule has 0 saturated carbocycles. The lowest BCUT2D eigenvalue weighted by atomic mass is 10.1. The molecule has 0 bridgehead atoms. The summed E-state index contributed by atoms with van der Waals surface area (Å²) in [5.74, 6) is -0.210. The van der Waals surface area contributed by atoms with Crippen LogP contribution in [-0.2, 0) is 7.05 Å². The molecule has 0 aliphatic rings. The van der Waals surface area contributed by atoms with Crippen LogP contribution in [0, 0.1) is 19.7 Å². The van der Waals surface area contributed by atoms with Gasteiger partial charge < -0.3 is 4.57 Å². The zero-order valence-corrected chi connectivity index (χ0v) is 9.94. The molecule has 1 aromatic heterocycles. The molecule has 1 heterocycles. The molecule has 0 radical (unpaired) electrons. The minimum atomic E-state index is -0.210. The number of benzene rings is 1. The first kappa shape index (κ1) is 9.71. The average molecular weight is 256 g/mol. The van der Waals surface area contributed by atoms with Gasteiger partial charge in [-0.05, 0) is 47.5 Å².